The van der Waals surface area contributed by atoms with Gasteiger partial charge in [-0.3, -0.25) is 4.79 Å². The molecule has 0 radical (unpaired) electrons. The lowest BCUT2D eigenvalue weighted by Crippen LogP contribution is -1.97. The quantitative estimate of drug-likeness (QED) is 0.639. The second kappa shape index (κ2) is 3.69. The van der Waals surface area contributed by atoms with Crippen molar-refractivity contribution >= 4 is 6.29 Å². The van der Waals surface area contributed by atoms with Crippen LogP contribution in [0.1, 0.15) is 41.3 Å². The number of carbonyl (C=O) groups is 1. The standard InChI is InChI=1S/C11H13FO/c1-7(2)10-5-9(6-13)11(12)4-8(10)3/h4-7H,1-3H3. The Bertz CT molecular complexity index is 329. The monoisotopic (exact) mass is 180 g/mol. The van der Waals surface area contributed by atoms with E-state index in [0.29, 0.717) is 12.2 Å². The predicted octanol–water partition coefficient (Wildman–Crippen LogP) is 3.07. The van der Waals surface area contributed by atoms with Crippen molar-refractivity contribution in [3.05, 3.63) is 34.6 Å². The second-order valence-corrected chi connectivity index (χ2v) is 3.50. The number of carbonyl (C=O) groups excluding carboxylic acids is 1. The van der Waals surface area contributed by atoms with Gasteiger partial charge in [-0.2, -0.15) is 0 Å². The fourth-order valence-corrected chi connectivity index (χ4v) is 1.42. The van der Waals surface area contributed by atoms with Crippen LogP contribution in [0.15, 0.2) is 12.1 Å². The summed E-state index contributed by atoms with van der Waals surface area (Å²) in [5, 5.41) is 0. The zero-order valence-corrected chi connectivity index (χ0v) is 8.10. The van der Waals surface area contributed by atoms with E-state index in [-0.39, 0.29) is 5.56 Å². The van der Waals surface area contributed by atoms with Crippen molar-refractivity contribution in [1.82, 2.24) is 0 Å². The van der Waals surface area contributed by atoms with Gasteiger partial charge >= 0.3 is 0 Å². The molecule has 70 valence electrons. The number of halogens is 1. The summed E-state index contributed by atoms with van der Waals surface area (Å²) in [6, 6.07) is 3.04. The molecule has 0 N–H and O–H groups in total. The van der Waals surface area contributed by atoms with E-state index in [2.05, 4.69) is 0 Å². The van der Waals surface area contributed by atoms with Crippen molar-refractivity contribution in [1.29, 1.82) is 0 Å². The van der Waals surface area contributed by atoms with Gasteiger partial charge in [-0.25, -0.2) is 4.39 Å². The zero-order chi connectivity index (χ0) is 10.0. The first-order valence-corrected chi connectivity index (χ1v) is 4.31. The molecule has 0 fully saturated rings. The Hall–Kier alpha value is -1.18. The van der Waals surface area contributed by atoms with E-state index < -0.39 is 5.82 Å². The van der Waals surface area contributed by atoms with Gasteiger partial charge in [-0.05, 0) is 36.1 Å². The average molecular weight is 180 g/mol. The van der Waals surface area contributed by atoms with Gasteiger partial charge in [0.15, 0.2) is 6.29 Å². The molecule has 0 saturated carbocycles. The number of rotatable bonds is 2. The Labute approximate surface area is 77.6 Å². The minimum absolute atomic E-state index is 0.147. The van der Waals surface area contributed by atoms with Crippen LogP contribution >= 0.6 is 0 Å². The third kappa shape index (κ3) is 1.94. The van der Waals surface area contributed by atoms with E-state index in [9.17, 15) is 9.18 Å². The van der Waals surface area contributed by atoms with Gasteiger partial charge in [-0.15, -0.1) is 0 Å². The fraction of sp³-hybridized carbons (Fsp3) is 0.364. The van der Waals surface area contributed by atoms with Crippen LogP contribution in [0.4, 0.5) is 4.39 Å². The van der Waals surface area contributed by atoms with Gasteiger partial charge in [0.2, 0.25) is 0 Å². The normalized spacial score (nSPS) is 10.5. The van der Waals surface area contributed by atoms with Crippen molar-refractivity contribution < 1.29 is 9.18 Å². The number of aryl methyl sites for hydroxylation is 1. The van der Waals surface area contributed by atoms with E-state index in [4.69, 9.17) is 0 Å². The molecular formula is C11H13FO. The van der Waals surface area contributed by atoms with Gasteiger partial charge in [0.05, 0.1) is 5.56 Å². The molecule has 2 heteroatoms. The van der Waals surface area contributed by atoms with E-state index in [1.54, 1.807) is 6.07 Å². The molecule has 0 aromatic heterocycles. The highest BCUT2D eigenvalue weighted by Crippen LogP contribution is 2.21. The Morgan fingerprint density at radius 3 is 2.46 bits per heavy atom. The maximum absolute atomic E-state index is 13.1. The Morgan fingerprint density at radius 1 is 1.38 bits per heavy atom. The highest BCUT2D eigenvalue weighted by atomic mass is 19.1. The van der Waals surface area contributed by atoms with E-state index in [0.717, 1.165) is 11.1 Å². The molecule has 0 atom stereocenters. The van der Waals surface area contributed by atoms with Gasteiger partial charge in [0, 0.05) is 0 Å². The molecule has 1 aromatic rings. The summed E-state index contributed by atoms with van der Waals surface area (Å²) in [6.45, 7) is 5.90. The number of benzene rings is 1. The van der Waals surface area contributed by atoms with Gasteiger partial charge in [-0.1, -0.05) is 13.8 Å². The molecule has 0 aliphatic carbocycles. The Balaban J connectivity index is 3.30. The lowest BCUT2D eigenvalue weighted by Gasteiger charge is -2.10. The lowest BCUT2D eigenvalue weighted by atomic mass is 9.96. The van der Waals surface area contributed by atoms with Crippen molar-refractivity contribution in [2.75, 3.05) is 0 Å². The first-order valence-electron chi connectivity index (χ1n) is 4.31. The molecule has 0 heterocycles. The third-order valence-corrected chi connectivity index (χ3v) is 2.13. The van der Waals surface area contributed by atoms with Crippen LogP contribution in [-0.4, -0.2) is 6.29 Å². The predicted molar refractivity (Wildman–Crippen MR) is 50.6 cm³/mol. The van der Waals surface area contributed by atoms with Gasteiger partial charge < -0.3 is 0 Å². The molecule has 0 aliphatic heterocycles. The van der Waals surface area contributed by atoms with Crippen molar-refractivity contribution in [2.45, 2.75) is 26.7 Å². The van der Waals surface area contributed by atoms with Crippen molar-refractivity contribution in [2.24, 2.45) is 0 Å². The number of hydrogen-bond donors (Lipinski definition) is 0. The minimum atomic E-state index is -0.433. The van der Waals surface area contributed by atoms with Crippen LogP contribution < -0.4 is 0 Å². The molecule has 0 bridgehead atoms. The third-order valence-electron chi connectivity index (χ3n) is 2.13. The lowest BCUT2D eigenvalue weighted by molar-refractivity contribution is 0.111. The summed E-state index contributed by atoms with van der Waals surface area (Å²) in [6.07, 6.45) is 0.556. The van der Waals surface area contributed by atoms with Gasteiger partial charge in [0.25, 0.3) is 0 Å². The highest BCUT2D eigenvalue weighted by molar-refractivity contribution is 5.75. The maximum atomic E-state index is 13.1. The maximum Gasteiger partial charge on any atom is 0.153 e. The van der Waals surface area contributed by atoms with Crippen LogP contribution in [-0.2, 0) is 0 Å². The van der Waals surface area contributed by atoms with E-state index in [1.807, 2.05) is 20.8 Å². The molecule has 0 amide bonds. The van der Waals surface area contributed by atoms with Crippen molar-refractivity contribution in [3.8, 4) is 0 Å². The Morgan fingerprint density at radius 2 is 2.00 bits per heavy atom. The summed E-state index contributed by atoms with van der Waals surface area (Å²) in [5.74, 6) is -0.115. The zero-order valence-electron chi connectivity index (χ0n) is 8.10. The fourth-order valence-electron chi connectivity index (χ4n) is 1.42. The average Bonchev–Trinajstić information content (AvgIpc) is 2.03. The van der Waals surface area contributed by atoms with E-state index in [1.165, 1.54) is 6.07 Å². The summed E-state index contributed by atoms with van der Waals surface area (Å²) in [7, 11) is 0. The largest absolute Gasteiger partial charge is 0.298 e. The number of aldehydes is 1. The van der Waals surface area contributed by atoms with Crippen molar-refractivity contribution in [3.63, 3.8) is 0 Å². The van der Waals surface area contributed by atoms with Gasteiger partial charge in [0.1, 0.15) is 5.82 Å². The smallest absolute Gasteiger partial charge is 0.153 e. The Kier molecular flexibility index (Phi) is 2.81. The van der Waals surface area contributed by atoms with Crippen LogP contribution in [0.3, 0.4) is 0 Å². The minimum Gasteiger partial charge on any atom is -0.298 e. The molecule has 1 aromatic carbocycles. The molecule has 1 rings (SSSR count). The summed E-state index contributed by atoms with van der Waals surface area (Å²) >= 11 is 0. The molecule has 0 aliphatic rings. The highest BCUT2D eigenvalue weighted by Gasteiger charge is 2.08. The SMILES string of the molecule is Cc1cc(F)c(C=O)cc1C(C)C. The first kappa shape index (κ1) is 9.90. The molecule has 0 unspecified atom stereocenters. The van der Waals surface area contributed by atoms with Crippen LogP contribution in [0, 0.1) is 12.7 Å². The molecule has 1 nitrogen and oxygen atoms in total. The topological polar surface area (TPSA) is 17.1 Å². The molecular weight excluding hydrogens is 167 g/mol. The van der Waals surface area contributed by atoms with Crippen LogP contribution in [0.25, 0.3) is 0 Å². The van der Waals surface area contributed by atoms with Crippen LogP contribution in [0.2, 0.25) is 0 Å². The molecule has 0 saturated heterocycles. The number of hydrogen-bond acceptors (Lipinski definition) is 1. The first-order chi connectivity index (χ1) is 6.06. The second-order valence-electron chi connectivity index (χ2n) is 3.50. The summed E-state index contributed by atoms with van der Waals surface area (Å²) in [5.41, 5.74) is 2.08. The van der Waals surface area contributed by atoms with E-state index >= 15 is 0 Å². The van der Waals surface area contributed by atoms with Crippen LogP contribution in [0.5, 0.6) is 0 Å². The summed E-state index contributed by atoms with van der Waals surface area (Å²) < 4.78 is 13.1. The molecule has 0 spiro atoms. The summed E-state index contributed by atoms with van der Waals surface area (Å²) in [4.78, 5) is 10.5. The molecule has 13 heavy (non-hydrogen) atoms.